The van der Waals surface area contributed by atoms with E-state index in [9.17, 15) is 4.79 Å². The molecular weight excluding hydrogens is 362 g/mol. The van der Waals surface area contributed by atoms with Gasteiger partial charge in [-0.2, -0.15) is 0 Å². The highest BCUT2D eigenvalue weighted by molar-refractivity contribution is 5.86. The van der Waals surface area contributed by atoms with Crippen molar-refractivity contribution in [1.82, 2.24) is 4.90 Å². The zero-order valence-corrected chi connectivity index (χ0v) is 17.7. The number of fused-ring (bicyclic) bond motifs is 1. The van der Waals surface area contributed by atoms with Crippen LogP contribution in [0.15, 0.2) is 42.5 Å². The van der Waals surface area contributed by atoms with Crippen LogP contribution < -0.4 is 14.5 Å². The Labute approximate surface area is 173 Å². The van der Waals surface area contributed by atoms with Crippen molar-refractivity contribution in [3.05, 3.63) is 53.6 Å². The number of para-hydroxylation sites is 2. The number of carbonyl (C=O) groups excluding carboxylic acids is 1. The standard InChI is InChI=1S/C24H31N3O2/c1-18-10-11-21-20(17-18)7-6-12-27(21)19(2)24(28)26-15-13-25(14-16-26)22-8-4-5-9-23(22)29-3/h4-5,8-11,17,19H,6-7,12-16H2,1-3H3. The second-order valence-corrected chi connectivity index (χ2v) is 8.09. The fourth-order valence-corrected chi connectivity index (χ4v) is 4.61. The molecule has 2 heterocycles. The molecule has 5 nitrogen and oxygen atoms in total. The fourth-order valence-electron chi connectivity index (χ4n) is 4.61. The first-order valence-electron chi connectivity index (χ1n) is 10.6. The number of rotatable bonds is 4. The van der Waals surface area contributed by atoms with Crippen molar-refractivity contribution in [2.75, 3.05) is 49.6 Å². The molecule has 2 aliphatic rings. The molecule has 0 radical (unpaired) electrons. The van der Waals surface area contributed by atoms with Crippen molar-refractivity contribution in [3.8, 4) is 5.75 Å². The average Bonchev–Trinajstić information content (AvgIpc) is 2.77. The number of nitrogens with zero attached hydrogens (tertiary/aromatic N) is 3. The summed E-state index contributed by atoms with van der Waals surface area (Å²) in [6.07, 6.45) is 2.21. The minimum Gasteiger partial charge on any atom is -0.495 e. The van der Waals surface area contributed by atoms with Crippen LogP contribution in [0.25, 0.3) is 0 Å². The predicted molar refractivity (Wildman–Crippen MR) is 118 cm³/mol. The fraction of sp³-hybridized carbons (Fsp3) is 0.458. The number of piperazine rings is 1. The van der Waals surface area contributed by atoms with E-state index >= 15 is 0 Å². The van der Waals surface area contributed by atoms with E-state index in [1.54, 1.807) is 7.11 Å². The molecule has 0 aliphatic carbocycles. The maximum atomic E-state index is 13.3. The van der Waals surface area contributed by atoms with Gasteiger partial charge in [0.1, 0.15) is 11.8 Å². The SMILES string of the molecule is COc1ccccc1N1CCN(C(=O)C(C)N2CCCc3cc(C)ccc32)CC1. The minimum atomic E-state index is -0.130. The molecule has 4 rings (SSSR count). The molecule has 0 spiro atoms. The van der Waals surface area contributed by atoms with Gasteiger partial charge in [0.2, 0.25) is 5.91 Å². The van der Waals surface area contributed by atoms with Gasteiger partial charge >= 0.3 is 0 Å². The minimum absolute atomic E-state index is 0.130. The van der Waals surface area contributed by atoms with E-state index in [1.165, 1.54) is 16.8 Å². The quantitative estimate of drug-likeness (QED) is 0.797. The maximum absolute atomic E-state index is 13.3. The van der Waals surface area contributed by atoms with Crippen molar-refractivity contribution in [1.29, 1.82) is 0 Å². The number of aryl methyl sites for hydroxylation is 2. The summed E-state index contributed by atoms with van der Waals surface area (Å²) in [4.78, 5) is 19.9. The second-order valence-electron chi connectivity index (χ2n) is 8.09. The number of hydrogen-bond acceptors (Lipinski definition) is 4. The molecule has 1 saturated heterocycles. The van der Waals surface area contributed by atoms with Gasteiger partial charge in [0.05, 0.1) is 12.8 Å². The Bertz CT molecular complexity index is 874. The normalized spacial score (nSPS) is 17.7. The third-order valence-electron chi connectivity index (χ3n) is 6.23. The van der Waals surface area contributed by atoms with E-state index < -0.39 is 0 Å². The van der Waals surface area contributed by atoms with Crippen molar-refractivity contribution < 1.29 is 9.53 Å². The lowest BCUT2D eigenvalue weighted by atomic mass is 9.98. The van der Waals surface area contributed by atoms with Crippen LogP contribution in [0, 0.1) is 6.92 Å². The summed E-state index contributed by atoms with van der Waals surface area (Å²) in [5.41, 5.74) is 5.00. The molecule has 0 N–H and O–H groups in total. The summed E-state index contributed by atoms with van der Waals surface area (Å²) in [6, 6.07) is 14.6. The number of ether oxygens (including phenoxy) is 1. The topological polar surface area (TPSA) is 36.0 Å². The summed E-state index contributed by atoms with van der Waals surface area (Å²) < 4.78 is 5.50. The number of anilines is 2. The molecular formula is C24H31N3O2. The summed E-state index contributed by atoms with van der Waals surface area (Å²) in [6.45, 7) is 8.29. The highest BCUT2D eigenvalue weighted by atomic mass is 16.5. The Balaban J connectivity index is 1.43. The second kappa shape index (κ2) is 8.36. The van der Waals surface area contributed by atoms with Gasteiger partial charge in [0.25, 0.3) is 0 Å². The van der Waals surface area contributed by atoms with Gasteiger partial charge in [-0.1, -0.05) is 29.8 Å². The number of hydrogen-bond donors (Lipinski definition) is 0. The van der Waals surface area contributed by atoms with Crippen LogP contribution >= 0.6 is 0 Å². The molecule has 2 aliphatic heterocycles. The van der Waals surface area contributed by atoms with E-state index in [4.69, 9.17) is 4.74 Å². The Morgan fingerprint density at radius 1 is 1.00 bits per heavy atom. The molecule has 154 valence electrons. The first-order valence-corrected chi connectivity index (χ1v) is 10.6. The molecule has 0 bridgehead atoms. The summed E-state index contributed by atoms with van der Waals surface area (Å²) in [5, 5.41) is 0. The smallest absolute Gasteiger partial charge is 0.245 e. The molecule has 0 saturated carbocycles. The van der Waals surface area contributed by atoms with Gasteiger partial charge < -0.3 is 19.4 Å². The molecule has 1 fully saturated rings. The first kappa shape index (κ1) is 19.6. The van der Waals surface area contributed by atoms with Gasteiger partial charge in [-0.15, -0.1) is 0 Å². The highest BCUT2D eigenvalue weighted by Gasteiger charge is 2.31. The van der Waals surface area contributed by atoms with Crippen LogP contribution in [0.2, 0.25) is 0 Å². The molecule has 2 aromatic rings. The van der Waals surface area contributed by atoms with Crippen LogP contribution in [0.5, 0.6) is 5.75 Å². The van der Waals surface area contributed by atoms with E-state index in [0.29, 0.717) is 0 Å². The lowest BCUT2D eigenvalue weighted by Gasteiger charge is -2.41. The Kier molecular flexibility index (Phi) is 5.65. The zero-order valence-electron chi connectivity index (χ0n) is 17.7. The molecule has 2 aromatic carbocycles. The molecule has 5 heteroatoms. The van der Waals surface area contributed by atoms with Crippen molar-refractivity contribution in [2.45, 2.75) is 32.7 Å². The highest BCUT2D eigenvalue weighted by Crippen LogP contribution is 2.31. The molecule has 1 atom stereocenters. The van der Waals surface area contributed by atoms with E-state index in [1.807, 2.05) is 23.1 Å². The van der Waals surface area contributed by atoms with Crippen LogP contribution in [0.1, 0.15) is 24.5 Å². The summed E-state index contributed by atoms with van der Waals surface area (Å²) >= 11 is 0. The lowest BCUT2D eigenvalue weighted by molar-refractivity contribution is -0.132. The van der Waals surface area contributed by atoms with E-state index in [2.05, 4.69) is 47.9 Å². The third kappa shape index (κ3) is 3.91. The van der Waals surface area contributed by atoms with E-state index in [-0.39, 0.29) is 11.9 Å². The average molecular weight is 394 g/mol. The zero-order chi connectivity index (χ0) is 20.4. The van der Waals surface area contributed by atoms with Gasteiger partial charge in [-0.25, -0.2) is 0 Å². The molecule has 1 unspecified atom stereocenters. The van der Waals surface area contributed by atoms with Gasteiger partial charge in [-0.05, 0) is 50.5 Å². The molecule has 1 amide bonds. The predicted octanol–water partition coefficient (Wildman–Crippen LogP) is 3.49. The molecule has 0 aromatic heterocycles. The maximum Gasteiger partial charge on any atom is 0.245 e. The first-order chi connectivity index (χ1) is 14.1. The Hall–Kier alpha value is -2.69. The lowest BCUT2D eigenvalue weighted by Crippen LogP contribution is -2.55. The van der Waals surface area contributed by atoms with Crippen molar-refractivity contribution in [3.63, 3.8) is 0 Å². The van der Waals surface area contributed by atoms with Gasteiger partial charge in [0, 0.05) is 38.4 Å². The number of amides is 1. The summed E-state index contributed by atoms with van der Waals surface area (Å²) in [5.74, 6) is 1.12. The Morgan fingerprint density at radius 2 is 1.76 bits per heavy atom. The van der Waals surface area contributed by atoms with Crippen LogP contribution in [0.4, 0.5) is 11.4 Å². The van der Waals surface area contributed by atoms with Crippen LogP contribution in [0.3, 0.4) is 0 Å². The Morgan fingerprint density at radius 3 is 2.52 bits per heavy atom. The monoisotopic (exact) mass is 393 g/mol. The van der Waals surface area contributed by atoms with Gasteiger partial charge in [-0.3, -0.25) is 4.79 Å². The third-order valence-corrected chi connectivity index (χ3v) is 6.23. The van der Waals surface area contributed by atoms with Crippen LogP contribution in [-0.4, -0.2) is 56.7 Å². The number of benzene rings is 2. The van der Waals surface area contributed by atoms with Crippen molar-refractivity contribution >= 4 is 17.3 Å². The largest absolute Gasteiger partial charge is 0.495 e. The summed E-state index contributed by atoms with van der Waals surface area (Å²) in [7, 11) is 1.71. The van der Waals surface area contributed by atoms with E-state index in [0.717, 1.165) is 57.0 Å². The van der Waals surface area contributed by atoms with Crippen LogP contribution in [-0.2, 0) is 11.2 Å². The molecule has 29 heavy (non-hydrogen) atoms. The number of carbonyl (C=O) groups is 1. The van der Waals surface area contributed by atoms with Gasteiger partial charge in [0.15, 0.2) is 0 Å². The number of methoxy groups -OCH3 is 1. The van der Waals surface area contributed by atoms with Crippen molar-refractivity contribution in [2.24, 2.45) is 0 Å².